The van der Waals surface area contributed by atoms with Gasteiger partial charge in [0.25, 0.3) is 5.91 Å². The van der Waals surface area contributed by atoms with E-state index in [0.717, 1.165) is 29.7 Å². The fourth-order valence-corrected chi connectivity index (χ4v) is 4.80. The highest BCUT2D eigenvalue weighted by Crippen LogP contribution is 2.35. The van der Waals surface area contributed by atoms with E-state index in [1.807, 2.05) is 23.0 Å². The van der Waals surface area contributed by atoms with Crippen molar-refractivity contribution in [3.63, 3.8) is 0 Å². The molecule has 4 rings (SSSR count). The number of anilines is 1. The lowest BCUT2D eigenvalue weighted by Crippen LogP contribution is -2.21. The van der Waals surface area contributed by atoms with Gasteiger partial charge < -0.3 is 10.4 Å². The maximum Gasteiger partial charge on any atom is 0.255 e. The number of carbonyl (C=O) groups excluding carboxylic acids is 1. The number of halogens is 2. The molecule has 1 saturated carbocycles. The molecule has 0 unspecified atom stereocenters. The quantitative estimate of drug-likeness (QED) is 0.463. The van der Waals surface area contributed by atoms with Crippen molar-refractivity contribution in [2.24, 2.45) is 5.92 Å². The number of carbonyl (C=O) groups is 1. The van der Waals surface area contributed by atoms with E-state index in [0.29, 0.717) is 32.9 Å². The number of amides is 1. The summed E-state index contributed by atoms with van der Waals surface area (Å²) in [5, 5.41) is 20.2. The van der Waals surface area contributed by atoms with E-state index in [1.54, 1.807) is 32.0 Å². The number of nitrogens with zero attached hydrogens (tertiary/aromatic N) is 2. The Bertz CT molecular complexity index is 1110. The van der Waals surface area contributed by atoms with Gasteiger partial charge in [0, 0.05) is 38.4 Å². The maximum atomic E-state index is 12.9. The van der Waals surface area contributed by atoms with Crippen LogP contribution in [0.2, 0.25) is 10.0 Å². The number of hydrogen-bond donors (Lipinski definition) is 2. The summed E-state index contributed by atoms with van der Waals surface area (Å²) in [5.74, 6) is 0.424. The molecule has 0 saturated heterocycles. The Morgan fingerprint density at radius 3 is 2.35 bits per heavy atom. The Hall–Kier alpha value is -2.08. The van der Waals surface area contributed by atoms with Gasteiger partial charge in [0.1, 0.15) is 0 Å². The first kappa shape index (κ1) is 22.1. The van der Waals surface area contributed by atoms with Crippen LogP contribution in [0.25, 0.3) is 10.9 Å². The van der Waals surface area contributed by atoms with Crippen molar-refractivity contribution >= 4 is 45.7 Å². The SMILES string of the molecule is CC1CCC(n2cc3cc(NC(=O)c4cc(Cl)cc(Cl)c4)c(C(C)(C)O)cc3n2)CC1. The van der Waals surface area contributed by atoms with E-state index in [4.69, 9.17) is 28.3 Å². The van der Waals surface area contributed by atoms with Gasteiger partial charge in [-0.05, 0) is 75.8 Å². The standard InChI is InChI=1S/C24H27Cl2N3O2/c1-14-4-6-19(7-5-14)29-13-16-10-22(20(24(2,3)31)12-21(16)28-29)27-23(30)15-8-17(25)11-18(26)9-15/h8-14,19,31H,4-7H2,1-3H3,(H,27,30). The molecule has 3 aromatic rings. The second-order valence-corrected chi connectivity index (χ2v) is 10.0. The first-order valence-corrected chi connectivity index (χ1v) is 11.4. The smallest absolute Gasteiger partial charge is 0.255 e. The fourth-order valence-electron chi connectivity index (χ4n) is 4.27. The first-order valence-electron chi connectivity index (χ1n) is 10.6. The monoisotopic (exact) mass is 459 g/mol. The molecule has 0 radical (unpaired) electrons. The van der Waals surface area contributed by atoms with Crippen LogP contribution in [0.3, 0.4) is 0 Å². The van der Waals surface area contributed by atoms with Gasteiger partial charge in [0.05, 0.1) is 17.2 Å². The van der Waals surface area contributed by atoms with Crippen molar-refractivity contribution in [2.45, 2.75) is 58.1 Å². The van der Waals surface area contributed by atoms with E-state index < -0.39 is 5.60 Å². The fraction of sp³-hybridized carbons (Fsp3) is 0.417. The topological polar surface area (TPSA) is 67.2 Å². The lowest BCUT2D eigenvalue weighted by molar-refractivity contribution is 0.0794. The number of benzene rings is 2. The van der Waals surface area contributed by atoms with E-state index in [1.165, 1.54) is 12.8 Å². The number of rotatable bonds is 4. The molecule has 0 atom stereocenters. The molecule has 5 nitrogen and oxygen atoms in total. The van der Waals surface area contributed by atoms with Crippen LogP contribution in [0.4, 0.5) is 5.69 Å². The lowest BCUT2D eigenvalue weighted by Gasteiger charge is -2.26. The van der Waals surface area contributed by atoms with Crippen molar-refractivity contribution in [3.8, 4) is 0 Å². The second kappa shape index (κ2) is 8.45. The lowest BCUT2D eigenvalue weighted by atomic mass is 9.87. The van der Waals surface area contributed by atoms with Gasteiger partial charge in [-0.25, -0.2) is 0 Å². The van der Waals surface area contributed by atoms with Crippen LogP contribution < -0.4 is 5.32 Å². The van der Waals surface area contributed by atoms with Crippen LogP contribution in [-0.2, 0) is 5.60 Å². The minimum Gasteiger partial charge on any atom is -0.386 e. The minimum atomic E-state index is -1.16. The zero-order valence-corrected chi connectivity index (χ0v) is 19.5. The zero-order valence-electron chi connectivity index (χ0n) is 18.0. The van der Waals surface area contributed by atoms with Crippen molar-refractivity contribution in [1.82, 2.24) is 9.78 Å². The van der Waals surface area contributed by atoms with E-state index in [-0.39, 0.29) is 5.91 Å². The van der Waals surface area contributed by atoms with E-state index in [9.17, 15) is 9.90 Å². The van der Waals surface area contributed by atoms with Crippen molar-refractivity contribution in [3.05, 3.63) is 57.7 Å². The van der Waals surface area contributed by atoms with Crippen molar-refractivity contribution < 1.29 is 9.90 Å². The highest BCUT2D eigenvalue weighted by Gasteiger charge is 2.25. The summed E-state index contributed by atoms with van der Waals surface area (Å²) in [6.45, 7) is 5.69. The number of nitrogens with one attached hydrogen (secondary N) is 1. The molecule has 164 valence electrons. The van der Waals surface area contributed by atoms with Gasteiger partial charge in [0.2, 0.25) is 0 Å². The van der Waals surface area contributed by atoms with Crippen LogP contribution in [-0.4, -0.2) is 20.8 Å². The predicted molar refractivity (Wildman–Crippen MR) is 126 cm³/mol. The van der Waals surface area contributed by atoms with Gasteiger partial charge in [-0.15, -0.1) is 0 Å². The highest BCUT2D eigenvalue weighted by atomic mass is 35.5. The van der Waals surface area contributed by atoms with Gasteiger partial charge in [-0.1, -0.05) is 30.1 Å². The molecule has 2 N–H and O–H groups in total. The average Bonchev–Trinajstić information content (AvgIpc) is 3.09. The third-order valence-electron chi connectivity index (χ3n) is 6.05. The van der Waals surface area contributed by atoms with Gasteiger partial charge in [-0.3, -0.25) is 9.48 Å². The Balaban J connectivity index is 1.70. The summed E-state index contributed by atoms with van der Waals surface area (Å²) in [5.41, 5.74) is 1.14. The van der Waals surface area contributed by atoms with Crippen molar-refractivity contribution in [1.29, 1.82) is 0 Å². The minimum absolute atomic E-state index is 0.345. The summed E-state index contributed by atoms with van der Waals surface area (Å²) < 4.78 is 2.05. The summed E-state index contributed by atoms with van der Waals surface area (Å²) >= 11 is 12.1. The summed E-state index contributed by atoms with van der Waals surface area (Å²) in [6, 6.07) is 8.83. The summed E-state index contributed by atoms with van der Waals surface area (Å²) in [4.78, 5) is 12.9. The van der Waals surface area contributed by atoms with Crippen LogP contribution in [0.15, 0.2) is 36.5 Å². The predicted octanol–water partition coefficient (Wildman–Crippen LogP) is 6.57. The van der Waals surface area contributed by atoms with Crippen LogP contribution in [0, 0.1) is 5.92 Å². The molecule has 7 heteroatoms. The van der Waals surface area contributed by atoms with Crippen molar-refractivity contribution in [2.75, 3.05) is 5.32 Å². The van der Waals surface area contributed by atoms with E-state index in [2.05, 4.69) is 12.2 Å². The normalized spacial score (nSPS) is 19.5. The van der Waals surface area contributed by atoms with Crippen LogP contribution in [0.1, 0.15) is 68.4 Å². The largest absolute Gasteiger partial charge is 0.386 e. The average molecular weight is 460 g/mol. The first-order chi connectivity index (χ1) is 14.6. The molecule has 1 aliphatic rings. The molecule has 1 aliphatic carbocycles. The number of aliphatic hydroxyl groups is 1. The Morgan fingerprint density at radius 2 is 1.74 bits per heavy atom. The zero-order chi connectivity index (χ0) is 22.3. The third kappa shape index (κ3) is 4.89. The second-order valence-electron chi connectivity index (χ2n) is 9.15. The van der Waals surface area contributed by atoms with Gasteiger partial charge in [-0.2, -0.15) is 5.10 Å². The molecule has 0 aliphatic heterocycles. The van der Waals surface area contributed by atoms with Crippen LogP contribution >= 0.6 is 23.2 Å². The van der Waals surface area contributed by atoms with E-state index >= 15 is 0 Å². The Kier molecular flexibility index (Phi) is 6.03. The molecular formula is C24H27Cl2N3O2. The summed E-state index contributed by atoms with van der Waals surface area (Å²) in [6.07, 6.45) is 6.69. The highest BCUT2D eigenvalue weighted by molar-refractivity contribution is 6.35. The molecule has 0 spiro atoms. The molecule has 2 aromatic carbocycles. The van der Waals surface area contributed by atoms with Gasteiger partial charge >= 0.3 is 0 Å². The molecule has 1 amide bonds. The Morgan fingerprint density at radius 1 is 1.10 bits per heavy atom. The molecule has 1 heterocycles. The molecule has 1 fully saturated rings. The maximum absolute atomic E-state index is 12.9. The molecule has 1 aromatic heterocycles. The molecule has 31 heavy (non-hydrogen) atoms. The number of fused-ring (bicyclic) bond motifs is 1. The van der Waals surface area contributed by atoms with Gasteiger partial charge in [0.15, 0.2) is 0 Å². The summed E-state index contributed by atoms with van der Waals surface area (Å²) in [7, 11) is 0. The Labute approximate surface area is 192 Å². The number of hydrogen-bond acceptors (Lipinski definition) is 3. The molecular weight excluding hydrogens is 433 g/mol. The third-order valence-corrected chi connectivity index (χ3v) is 6.49. The number of aromatic nitrogens is 2. The molecule has 0 bridgehead atoms. The van der Waals surface area contributed by atoms with Crippen LogP contribution in [0.5, 0.6) is 0 Å².